The van der Waals surface area contributed by atoms with Gasteiger partial charge < -0.3 is 4.57 Å². The van der Waals surface area contributed by atoms with Crippen molar-refractivity contribution in [1.82, 2.24) is 4.57 Å². The van der Waals surface area contributed by atoms with E-state index in [1.54, 1.807) is 0 Å². The van der Waals surface area contributed by atoms with Crippen LogP contribution in [0.3, 0.4) is 0 Å². The van der Waals surface area contributed by atoms with Crippen LogP contribution in [0.4, 0.5) is 0 Å². The summed E-state index contributed by atoms with van der Waals surface area (Å²) in [6.45, 7) is 9.01. The first-order chi connectivity index (χ1) is 7.20. The molecule has 0 N–H and O–H groups in total. The topological polar surface area (TPSA) is 4.93 Å². The molecule has 0 aromatic carbocycles. The molecular formula is C14H25N. The van der Waals surface area contributed by atoms with Gasteiger partial charge in [-0.2, -0.15) is 0 Å². The van der Waals surface area contributed by atoms with Crippen molar-refractivity contribution in [2.45, 2.75) is 65.8 Å². The zero-order valence-electron chi connectivity index (χ0n) is 10.7. The molecule has 0 saturated carbocycles. The van der Waals surface area contributed by atoms with Crippen molar-refractivity contribution in [3.63, 3.8) is 0 Å². The number of unbranched alkanes of at least 4 members (excludes halogenated alkanes) is 1. The molecule has 1 atom stereocenters. The highest BCUT2D eigenvalue weighted by Crippen LogP contribution is 2.25. The highest BCUT2D eigenvalue weighted by atomic mass is 15.0. The molecule has 86 valence electrons. The van der Waals surface area contributed by atoms with Gasteiger partial charge in [-0.15, -0.1) is 0 Å². The molecule has 1 heteroatoms. The highest BCUT2D eigenvalue weighted by molar-refractivity contribution is 5.15. The van der Waals surface area contributed by atoms with E-state index < -0.39 is 0 Å². The predicted octanol–water partition coefficient (Wildman–Crippen LogP) is 4.64. The minimum atomic E-state index is 0.727. The SMILES string of the molecule is CCCCC(CCC)n1c(C)ccc1C. The molecule has 1 aromatic rings. The minimum Gasteiger partial charge on any atom is -0.346 e. The highest BCUT2D eigenvalue weighted by Gasteiger charge is 2.12. The summed E-state index contributed by atoms with van der Waals surface area (Å²) in [5, 5.41) is 0. The Hall–Kier alpha value is -0.720. The molecule has 0 radical (unpaired) electrons. The molecule has 1 unspecified atom stereocenters. The van der Waals surface area contributed by atoms with Gasteiger partial charge in [-0.3, -0.25) is 0 Å². The van der Waals surface area contributed by atoms with Crippen LogP contribution < -0.4 is 0 Å². The summed E-state index contributed by atoms with van der Waals surface area (Å²) < 4.78 is 2.53. The van der Waals surface area contributed by atoms with Crippen LogP contribution in [0.25, 0.3) is 0 Å². The molecule has 0 fully saturated rings. The fourth-order valence-corrected chi connectivity index (χ4v) is 2.43. The zero-order valence-corrected chi connectivity index (χ0v) is 10.7. The Morgan fingerprint density at radius 3 is 2.07 bits per heavy atom. The summed E-state index contributed by atoms with van der Waals surface area (Å²) in [6, 6.07) is 5.21. The van der Waals surface area contributed by atoms with E-state index in [2.05, 4.69) is 44.4 Å². The molecule has 0 aliphatic carbocycles. The summed E-state index contributed by atoms with van der Waals surface area (Å²) in [4.78, 5) is 0. The van der Waals surface area contributed by atoms with Gasteiger partial charge in [0.15, 0.2) is 0 Å². The molecule has 1 aromatic heterocycles. The van der Waals surface area contributed by atoms with Gasteiger partial charge in [-0.25, -0.2) is 0 Å². The fraction of sp³-hybridized carbons (Fsp3) is 0.714. The third-order valence-electron chi connectivity index (χ3n) is 3.20. The van der Waals surface area contributed by atoms with Crippen molar-refractivity contribution in [3.05, 3.63) is 23.5 Å². The molecule has 0 spiro atoms. The second-order valence-corrected chi connectivity index (χ2v) is 4.57. The normalized spacial score (nSPS) is 13.1. The van der Waals surface area contributed by atoms with Crippen LogP contribution in [0, 0.1) is 13.8 Å². The Bertz CT molecular complexity index is 266. The first-order valence-electron chi connectivity index (χ1n) is 6.35. The standard InChI is InChI=1S/C14H25N/c1-5-7-9-14(8-6-2)15-12(3)10-11-13(15)4/h10-11,14H,5-9H2,1-4H3. The van der Waals surface area contributed by atoms with E-state index in [1.165, 1.54) is 43.5 Å². The van der Waals surface area contributed by atoms with Gasteiger partial charge in [0.25, 0.3) is 0 Å². The summed E-state index contributed by atoms with van der Waals surface area (Å²) in [5.41, 5.74) is 2.84. The van der Waals surface area contributed by atoms with Gasteiger partial charge >= 0.3 is 0 Å². The molecule has 1 nitrogen and oxygen atoms in total. The van der Waals surface area contributed by atoms with E-state index in [4.69, 9.17) is 0 Å². The molecule has 1 rings (SSSR count). The van der Waals surface area contributed by atoms with Crippen molar-refractivity contribution < 1.29 is 0 Å². The molecule has 0 aliphatic rings. The molecule has 0 aliphatic heterocycles. The lowest BCUT2D eigenvalue weighted by Gasteiger charge is -2.22. The van der Waals surface area contributed by atoms with E-state index in [9.17, 15) is 0 Å². The van der Waals surface area contributed by atoms with E-state index in [0.29, 0.717) is 0 Å². The van der Waals surface area contributed by atoms with Crippen molar-refractivity contribution in [3.8, 4) is 0 Å². The first-order valence-corrected chi connectivity index (χ1v) is 6.35. The van der Waals surface area contributed by atoms with Crippen LogP contribution in [0.15, 0.2) is 12.1 Å². The number of aromatic nitrogens is 1. The lowest BCUT2D eigenvalue weighted by molar-refractivity contribution is 0.406. The lowest BCUT2D eigenvalue weighted by atomic mass is 10.0. The maximum atomic E-state index is 2.53. The molecule has 15 heavy (non-hydrogen) atoms. The first kappa shape index (κ1) is 12.4. The van der Waals surface area contributed by atoms with Crippen molar-refractivity contribution in [1.29, 1.82) is 0 Å². The third kappa shape index (κ3) is 3.12. The number of hydrogen-bond acceptors (Lipinski definition) is 0. The van der Waals surface area contributed by atoms with Gasteiger partial charge in [0.05, 0.1) is 0 Å². The van der Waals surface area contributed by atoms with E-state index in [-0.39, 0.29) is 0 Å². The summed E-state index contributed by atoms with van der Waals surface area (Å²) >= 11 is 0. The Kier molecular flexibility index (Phi) is 4.93. The number of hydrogen-bond donors (Lipinski definition) is 0. The second-order valence-electron chi connectivity index (χ2n) is 4.57. The van der Waals surface area contributed by atoms with Gasteiger partial charge in [-0.05, 0) is 38.8 Å². The molecule has 0 bridgehead atoms. The molecular weight excluding hydrogens is 182 g/mol. The summed E-state index contributed by atoms with van der Waals surface area (Å²) in [5.74, 6) is 0. The quantitative estimate of drug-likeness (QED) is 0.640. The molecule has 0 saturated heterocycles. The van der Waals surface area contributed by atoms with Crippen LogP contribution in [0.5, 0.6) is 0 Å². The average molecular weight is 207 g/mol. The maximum absolute atomic E-state index is 2.53. The van der Waals surface area contributed by atoms with Crippen LogP contribution >= 0.6 is 0 Å². The Labute approximate surface area is 94.5 Å². The third-order valence-corrected chi connectivity index (χ3v) is 3.20. The van der Waals surface area contributed by atoms with Gasteiger partial charge in [0, 0.05) is 17.4 Å². The summed E-state index contributed by atoms with van der Waals surface area (Å²) in [6.07, 6.45) is 6.59. The molecule has 1 heterocycles. The molecule has 0 amide bonds. The Balaban J connectivity index is 2.78. The van der Waals surface area contributed by atoms with Crippen LogP contribution in [0.2, 0.25) is 0 Å². The van der Waals surface area contributed by atoms with Crippen LogP contribution in [-0.4, -0.2) is 4.57 Å². The zero-order chi connectivity index (χ0) is 11.3. The van der Waals surface area contributed by atoms with Gasteiger partial charge in [-0.1, -0.05) is 33.1 Å². The van der Waals surface area contributed by atoms with Crippen molar-refractivity contribution in [2.24, 2.45) is 0 Å². The van der Waals surface area contributed by atoms with E-state index in [1.807, 2.05) is 0 Å². The predicted molar refractivity (Wildman–Crippen MR) is 67.4 cm³/mol. The van der Waals surface area contributed by atoms with Crippen LogP contribution in [0.1, 0.15) is 63.4 Å². The number of aryl methyl sites for hydroxylation is 2. The van der Waals surface area contributed by atoms with Gasteiger partial charge in [0.1, 0.15) is 0 Å². The number of rotatable bonds is 6. The van der Waals surface area contributed by atoms with Crippen molar-refractivity contribution in [2.75, 3.05) is 0 Å². The lowest BCUT2D eigenvalue weighted by Crippen LogP contribution is -2.11. The van der Waals surface area contributed by atoms with E-state index in [0.717, 1.165) is 6.04 Å². The van der Waals surface area contributed by atoms with E-state index >= 15 is 0 Å². The van der Waals surface area contributed by atoms with Crippen molar-refractivity contribution >= 4 is 0 Å². The summed E-state index contributed by atoms with van der Waals surface area (Å²) in [7, 11) is 0. The van der Waals surface area contributed by atoms with Gasteiger partial charge in [0.2, 0.25) is 0 Å². The Morgan fingerprint density at radius 2 is 1.60 bits per heavy atom. The fourth-order valence-electron chi connectivity index (χ4n) is 2.43. The number of nitrogens with zero attached hydrogens (tertiary/aromatic N) is 1. The average Bonchev–Trinajstić information content (AvgIpc) is 2.54. The largest absolute Gasteiger partial charge is 0.346 e. The minimum absolute atomic E-state index is 0.727. The smallest absolute Gasteiger partial charge is 0.0335 e. The maximum Gasteiger partial charge on any atom is 0.0335 e. The monoisotopic (exact) mass is 207 g/mol. The Morgan fingerprint density at radius 1 is 1.00 bits per heavy atom. The van der Waals surface area contributed by atoms with Crippen LogP contribution in [-0.2, 0) is 0 Å². The second kappa shape index (κ2) is 5.99.